The molecule has 0 spiro atoms. The Morgan fingerprint density at radius 1 is 0.600 bits per heavy atom. The van der Waals surface area contributed by atoms with Crippen molar-refractivity contribution >= 4 is 17.0 Å². The molecule has 0 aromatic heterocycles. The summed E-state index contributed by atoms with van der Waals surface area (Å²) in [7, 11) is 2.07. The predicted molar refractivity (Wildman–Crippen MR) is 74.6 cm³/mol. The Bertz CT molecular complexity index is 621. The Balaban J connectivity index is 0.00000288. The van der Waals surface area contributed by atoms with Gasteiger partial charge in [-0.05, 0) is 0 Å². The first-order valence-electron chi connectivity index (χ1n) is 6.11. The van der Waals surface area contributed by atoms with Crippen LogP contribution in [0.25, 0.3) is 0 Å². The molecule has 2 rings (SSSR count). The van der Waals surface area contributed by atoms with Crippen molar-refractivity contribution in [3.8, 4) is 0 Å². The number of halogens is 8. The molecule has 0 nitrogen and oxygen atoms in total. The van der Waals surface area contributed by atoms with Crippen LogP contribution in [0.5, 0.6) is 0 Å². The maximum Gasteiger partial charge on any atom is -1.00 e. The van der Waals surface area contributed by atoms with Gasteiger partial charge in [0.05, 0.1) is 0 Å². The number of alkyl halides is 6. The van der Waals surface area contributed by atoms with E-state index < -0.39 is 43.8 Å². The summed E-state index contributed by atoms with van der Waals surface area (Å²) in [5.74, 6) is 0. The molecule has 136 valence electrons. The monoisotopic (exact) mass is 514 g/mol. The molecule has 0 saturated carbocycles. The second-order valence-electron chi connectivity index (χ2n) is 4.28. The van der Waals surface area contributed by atoms with Gasteiger partial charge in [0.1, 0.15) is 0 Å². The van der Waals surface area contributed by atoms with Crippen molar-refractivity contribution < 1.29 is 71.5 Å². The number of hydrogen-bond donors (Lipinski definition) is 0. The molecule has 0 amide bonds. The van der Waals surface area contributed by atoms with E-state index in [1.807, 2.05) is 0 Å². The van der Waals surface area contributed by atoms with E-state index >= 15 is 0 Å². The van der Waals surface area contributed by atoms with Gasteiger partial charge >= 0.3 is 145 Å². The van der Waals surface area contributed by atoms with E-state index in [2.05, 4.69) is 0 Å². The van der Waals surface area contributed by atoms with Gasteiger partial charge < -0.3 is 24.8 Å². The fourth-order valence-electron chi connectivity index (χ4n) is 1.69. The third-order valence-corrected chi connectivity index (χ3v) is 11.4. The largest absolute Gasteiger partial charge is 1.00 e. The van der Waals surface area contributed by atoms with Crippen molar-refractivity contribution in [2.24, 2.45) is 0 Å². The predicted octanol–water partition coefficient (Wildman–Crippen LogP) is 0.529. The Hall–Kier alpha value is 0.183. The molecule has 25 heavy (non-hydrogen) atoms. The molecule has 0 heterocycles. The van der Waals surface area contributed by atoms with Crippen LogP contribution in [0, 0.1) is 0 Å². The summed E-state index contributed by atoms with van der Waals surface area (Å²) in [5.41, 5.74) is -1.48. The average Bonchev–Trinajstić information content (AvgIpc) is 2.46. The van der Waals surface area contributed by atoms with Crippen molar-refractivity contribution in [1.82, 2.24) is 0 Å². The summed E-state index contributed by atoms with van der Waals surface area (Å²) in [6.45, 7) is 0. The molecule has 0 aliphatic heterocycles. The smallest absolute Gasteiger partial charge is 1.00 e. The SMILES string of the molecule is FC(F)(F)c1ccccc1[S][Zr+2][S]c1ccccc1C(F)(F)F.[Cl-].[Cl-]. The van der Waals surface area contributed by atoms with E-state index in [9.17, 15) is 26.3 Å². The normalized spacial score (nSPS) is 11.1. The zero-order valence-electron chi connectivity index (χ0n) is 12.0. The molecule has 0 bridgehead atoms. The van der Waals surface area contributed by atoms with Crippen molar-refractivity contribution in [2.75, 3.05) is 0 Å². The van der Waals surface area contributed by atoms with Crippen LogP contribution in [0.2, 0.25) is 0 Å². The number of rotatable bonds is 4. The molecule has 0 aliphatic carbocycles. The fraction of sp³-hybridized carbons (Fsp3) is 0.143. The quantitative estimate of drug-likeness (QED) is 0.545. The van der Waals surface area contributed by atoms with E-state index in [4.69, 9.17) is 0 Å². The van der Waals surface area contributed by atoms with E-state index in [0.29, 0.717) is 0 Å². The summed E-state index contributed by atoms with van der Waals surface area (Å²) in [6.07, 6.45) is -8.92. The van der Waals surface area contributed by atoms with Gasteiger partial charge in [0.15, 0.2) is 0 Å². The summed E-state index contributed by atoms with van der Waals surface area (Å²) in [4.78, 5) is 0.146. The van der Waals surface area contributed by atoms with Gasteiger partial charge in [0.2, 0.25) is 0 Å². The summed E-state index contributed by atoms with van der Waals surface area (Å²) in [6, 6.07) is 10.2. The van der Waals surface area contributed by atoms with Gasteiger partial charge in [-0.3, -0.25) is 0 Å². The third kappa shape index (κ3) is 7.37. The molecule has 2 aromatic carbocycles. The third-order valence-electron chi connectivity index (χ3n) is 2.69. The molecule has 0 saturated heterocycles. The Morgan fingerprint density at radius 3 is 1.24 bits per heavy atom. The van der Waals surface area contributed by atoms with Gasteiger partial charge in [-0.25, -0.2) is 0 Å². The minimum absolute atomic E-state index is 0. The van der Waals surface area contributed by atoms with Crippen LogP contribution in [0.1, 0.15) is 11.1 Å². The molecule has 2 aromatic rings. The van der Waals surface area contributed by atoms with Crippen molar-refractivity contribution in [1.29, 1.82) is 0 Å². The van der Waals surface area contributed by atoms with Crippen molar-refractivity contribution in [2.45, 2.75) is 22.1 Å². The molecule has 0 N–H and O–H groups in total. The molecule has 0 unspecified atom stereocenters. The molecule has 0 fully saturated rings. The maximum atomic E-state index is 12.9. The van der Waals surface area contributed by atoms with Crippen molar-refractivity contribution in [3.05, 3.63) is 59.7 Å². The second kappa shape index (κ2) is 10.5. The summed E-state index contributed by atoms with van der Waals surface area (Å²) >= 11 is -1.61. The standard InChI is InChI=1S/2C7H5F3S.2ClH.Zr/c2*8-7(9,10)5-3-1-2-4-6(5)11;;;/h2*1-4,11H;2*1H;/q;;;;+4/p-4. The van der Waals surface area contributed by atoms with Gasteiger partial charge in [-0.15, -0.1) is 0 Å². The van der Waals surface area contributed by atoms with Crippen LogP contribution in [0.3, 0.4) is 0 Å². The van der Waals surface area contributed by atoms with Crippen molar-refractivity contribution in [3.63, 3.8) is 0 Å². The van der Waals surface area contributed by atoms with E-state index in [1.165, 1.54) is 36.4 Å². The zero-order valence-corrected chi connectivity index (χ0v) is 17.6. The van der Waals surface area contributed by atoms with Crippen LogP contribution in [0.4, 0.5) is 26.3 Å². The summed E-state index contributed by atoms with van der Waals surface area (Å²) in [5, 5.41) is 0. The fourth-order valence-corrected chi connectivity index (χ4v) is 11.0. The van der Waals surface area contributed by atoms with Gasteiger partial charge in [-0.2, -0.15) is 0 Å². The second-order valence-corrected chi connectivity index (χ2v) is 12.9. The molecule has 0 radical (unpaired) electrons. The number of benzene rings is 2. The van der Waals surface area contributed by atoms with Gasteiger partial charge in [-0.1, -0.05) is 0 Å². The molecule has 11 heteroatoms. The van der Waals surface area contributed by atoms with Crippen LogP contribution in [-0.4, -0.2) is 0 Å². The minimum Gasteiger partial charge on any atom is -1.00 e. The maximum absolute atomic E-state index is 12.9. The van der Waals surface area contributed by atoms with Gasteiger partial charge in [0, 0.05) is 0 Å². The van der Waals surface area contributed by atoms with E-state index in [-0.39, 0.29) is 34.6 Å². The van der Waals surface area contributed by atoms with Crippen LogP contribution in [0.15, 0.2) is 58.3 Å². The van der Waals surface area contributed by atoms with Gasteiger partial charge in [0.25, 0.3) is 0 Å². The van der Waals surface area contributed by atoms with Crippen LogP contribution in [-0.2, 0) is 32.7 Å². The topological polar surface area (TPSA) is 0 Å². The molecule has 0 aliphatic rings. The van der Waals surface area contributed by atoms with Crippen LogP contribution < -0.4 is 24.8 Å². The van der Waals surface area contributed by atoms with E-state index in [1.54, 1.807) is 0 Å². The summed E-state index contributed by atoms with van der Waals surface area (Å²) < 4.78 is 77.2. The molecule has 0 atom stereocenters. The zero-order chi connectivity index (χ0) is 17.1. The Kier molecular flexibility index (Phi) is 10.6. The first kappa shape index (κ1) is 25.2. The average molecular weight is 516 g/mol. The Morgan fingerprint density at radius 2 is 0.920 bits per heavy atom. The molecular formula is C14H8Cl2F6S2Zr. The van der Waals surface area contributed by atoms with E-state index in [0.717, 1.165) is 29.2 Å². The minimum atomic E-state index is -4.46. The number of hydrogen-bond acceptors (Lipinski definition) is 2. The van der Waals surface area contributed by atoms with Crippen LogP contribution >= 0.6 is 17.0 Å². The Labute approximate surface area is 169 Å². The molecular weight excluding hydrogens is 508 g/mol. The first-order chi connectivity index (χ1) is 10.7. The first-order valence-corrected chi connectivity index (χ1v) is 13.8.